The normalized spacial score (nSPS) is 12.4. The highest BCUT2D eigenvalue weighted by Gasteiger charge is 2.39. The van der Waals surface area contributed by atoms with Gasteiger partial charge in [0.15, 0.2) is 0 Å². The van der Waals surface area contributed by atoms with Crippen LogP contribution < -0.4 is 0 Å². The topological polar surface area (TPSA) is 63.0 Å². The maximum Gasteiger partial charge on any atom is 0.433 e. The van der Waals surface area contributed by atoms with Crippen molar-refractivity contribution in [3.8, 4) is 0 Å². The van der Waals surface area contributed by atoms with Crippen molar-refractivity contribution in [1.82, 2.24) is 24.2 Å². The lowest BCUT2D eigenvalue weighted by Crippen LogP contribution is -2.37. The largest absolute Gasteiger partial charge is 0.445 e. The number of benzene rings is 1. The first kappa shape index (κ1) is 29.1. The van der Waals surface area contributed by atoms with E-state index in [9.17, 15) is 31.1 Å². The molecule has 40 heavy (non-hydrogen) atoms. The predicted molar refractivity (Wildman–Crippen MR) is 135 cm³/mol. The molecule has 0 saturated carbocycles. The van der Waals surface area contributed by atoms with Crippen LogP contribution in [-0.2, 0) is 30.2 Å². The molecule has 13 heteroatoms. The first-order valence-electron chi connectivity index (χ1n) is 12.5. The van der Waals surface area contributed by atoms with E-state index >= 15 is 0 Å². The third-order valence-corrected chi connectivity index (χ3v) is 6.22. The van der Waals surface area contributed by atoms with Gasteiger partial charge in [-0.15, -0.1) is 0 Å². The molecule has 4 rings (SSSR count). The molecule has 0 atom stereocenters. The summed E-state index contributed by atoms with van der Waals surface area (Å²) in [6.07, 6.45) is -8.57. The van der Waals surface area contributed by atoms with Crippen molar-refractivity contribution in [2.75, 3.05) is 26.7 Å². The quantitative estimate of drug-likeness (QED) is 0.219. The van der Waals surface area contributed by atoms with Crippen molar-refractivity contribution >= 4 is 22.8 Å². The van der Waals surface area contributed by atoms with Crippen molar-refractivity contribution < 1.29 is 35.9 Å². The van der Waals surface area contributed by atoms with Crippen molar-refractivity contribution in [3.05, 3.63) is 77.2 Å². The van der Waals surface area contributed by atoms with Crippen LogP contribution in [0.4, 0.5) is 31.1 Å². The zero-order valence-electron chi connectivity index (χ0n) is 21.8. The number of aromatic nitrogens is 3. The minimum Gasteiger partial charge on any atom is -0.445 e. The smallest absolute Gasteiger partial charge is 0.433 e. The monoisotopic (exact) mass is 567 g/mol. The minimum absolute atomic E-state index is 0.00326. The molecule has 214 valence electrons. The van der Waals surface area contributed by atoms with Crippen molar-refractivity contribution in [2.45, 2.75) is 38.8 Å². The molecule has 0 radical (unpaired) electrons. The van der Waals surface area contributed by atoms with Gasteiger partial charge in [-0.1, -0.05) is 37.3 Å². The molecule has 0 bridgehead atoms. The van der Waals surface area contributed by atoms with Gasteiger partial charge in [0.1, 0.15) is 23.6 Å². The maximum atomic E-state index is 13.7. The standard InChI is InChI=1S/C27H27F6N5O2/c1-3-11-36(2)12-13-37(25(39)40-17-18-7-5-4-6-8-18)15-19-16-38-23(34-19)10-9-20-21(26(28,29)30)14-22(27(31,32)33)35-24(20)38/h4-10,14,16H,3,11-13,15,17H2,1-2H3. The second-order valence-electron chi connectivity index (χ2n) is 9.35. The third kappa shape index (κ3) is 6.82. The molecule has 0 spiro atoms. The lowest BCUT2D eigenvalue weighted by atomic mass is 10.1. The van der Waals surface area contributed by atoms with Crippen LogP contribution in [0.2, 0.25) is 0 Å². The molecule has 0 saturated heterocycles. The summed E-state index contributed by atoms with van der Waals surface area (Å²) in [5, 5.41) is -0.503. The minimum atomic E-state index is -5.09. The Morgan fingerprint density at radius 2 is 1.68 bits per heavy atom. The summed E-state index contributed by atoms with van der Waals surface area (Å²) in [5.74, 6) is 0. The summed E-state index contributed by atoms with van der Waals surface area (Å²) in [6.45, 7) is 3.53. The highest BCUT2D eigenvalue weighted by Crippen LogP contribution is 2.38. The number of fused-ring (bicyclic) bond motifs is 3. The van der Waals surface area contributed by atoms with Crippen LogP contribution in [0.25, 0.3) is 16.7 Å². The van der Waals surface area contributed by atoms with Crippen LogP contribution in [0.3, 0.4) is 0 Å². The van der Waals surface area contributed by atoms with E-state index in [1.165, 1.54) is 17.2 Å². The number of likely N-dealkylation sites (N-methyl/N-ethyl adjacent to an activating group) is 1. The van der Waals surface area contributed by atoms with Gasteiger partial charge in [-0.25, -0.2) is 14.8 Å². The van der Waals surface area contributed by atoms with E-state index in [0.717, 1.165) is 29.0 Å². The van der Waals surface area contributed by atoms with E-state index in [1.54, 1.807) is 12.1 Å². The number of nitrogens with zero attached hydrogens (tertiary/aromatic N) is 5. The third-order valence-electron chi connectivity index (χ3n) is 6.22. The summed E-state index contributed by atoms with van der Waals surface area (Å²) in [7, 11) is 1.90. The van der Waals surface area contributed by atoms with E-state index < -0.39 is 40.7 Å². The van der Waals surface area contributed by atoms with Gasteiger partial charge in [-0.05, 0) is 43.8 Å². The Morgan fingerprint density at radius 3 is 2.33 bits per heavy atom. The lowest BCUT2D eigenvalue weighted by molar-refractivity contribution is -0.144. The summed E-state index contributed by atoms with van der Waals surface area (Å²) >= 11 is 0. The van der Waals surface area contributed by atoms with Gasteiger partial charge in [0, 0.05) is 24.7 Å². The van der Waals surface area contributed by atoms with E-state index in [0.29, 0.717) is 6.54 Å². The van der Waals surface area contributed by atoms with Crippen molar-refractivity contribution in [3.63, 3.8) is 0 Å². The Kier molecular flexibility index (Phi) is 8.52. The number of amides is 1. The average Bonchev–Trinajstić information content (AvgIpc) is 3.32. The highest BCUT2D eigenvalue weighted by atomic mass is 19.4. The number of imidazole rings is 1. The molecule has 0 aliphatic heterocycles. The Hall–Kier alpha value is -3.87. The zero-order valence-corrected chi connectivity index (χ0v) is 21.8. The predicted octanol–water partition coefficient (Wildman–Crippen LogP) is 6.40. The van der Waals surface area contributed by atoms with Crippen molar-refractivity contribution in [1.29, 1.82) is 0 Å². The molecule has 0 fully saturated rings. The number of halogens is 6. The Morgan fingerprint density at radius 1 is 0.950 bits per heavy atom. The summed E-state index contributed by atoms with van der Waals surface area (Å²) in [4.78, 5) is 24.3. The molecule has 0 aliphatic carbocycles. The fourth-order valence-corrected chi connectivity index (χ4v) is 4.26. The second-order valence-corrected chi connectivity index (χ2v) is 9.35. The number of ether oxygens (including phenoxy) is 1. The Bertz CT molecular complexity index is 1470. The van der Waals surface area contributed by atoms with Gasteiger partial charge in [-0.3, -0.25) is 4.40 Å². The molecule has 1 aromatic carbocycles. The molecule has 7 nitrogen and oxygen atoms in total. The number of hydrogen-bond acceptors (Lipinski definition) is 5. The summed E-state index contributed by atoms with van der Waals surface area (Å²) < 4.78 is 87.9. The van der Waals surface area contributed by atoms with Crippen LogP contribution in [0.15, 0.2) is 54.7 Å². The van der Waals surface area contributed by atoms with Gasteiger partial charge < -0.3 is 14.5 Å². The molecule has 0 aliphatic rings. The molecule has 0 unspecified atom stereocenters. The fraction of sp³-hybridized carbons (Fsp3) is 0.370. The number of carbonyl (C=O) groups excluding carboxylic acids is 1. The average molecular weight is 568 g/mol. The first-order chi connectivity index (χ1) is 18.9. The summed E-state index contributed by atoms with van der Waals surface area (Å²) in [6, 6.07) is 11.4. The second kappa shape index (κ2) is 11.7. The molecule has 4 aromatic rings. The van der Waals surface area contributed by atoms with Crippen LogP contribution in [0.5, 0.6) is 0 Å². The Balaban J connectivity index is 1.68. The molecule has 3 aromatic heterocycles. The van der Waals surface area contributed by atoms with Crippen LogP contribution in [-0.4, -0.2) is 56.9 Å². The number of pyridine rings is 2. The zero-order chi connectivity index (χ0) is 29.1. The highest BCUT2D eigenvalue weighted by molar-refractivity contribution is 5.83. The van der Waals surface area contributed by atoms with Crippen LogP contribution in [0, 0.1) is 0 Å². The number of alkyl halides is 6. The molecule has 3 heterocycles. The van der Waals surface area contributed by atoms with Crippen LogP contribution in [0.1, 0.15) is 35.9 Å². The number of carbonyl (C=O) groups is 1. The van der Waals surface area contributed by atoms with Gasteiger partial charge in [0.2, 0.25) is 0 Å². The van der Waals surface area contributed by atoms with Gasteiger partial charge in [-0.2, -0.15) is 26.3 Å². The SMILES string of the molecule is CCCN(C)CCN(Cc1cn2c(ccc3c(C(F)(F)F)cc(C(F)(F)F)nc32)n1)C(=O)OCc1ccccc1. The Labute approximate surface area is 226 Å². The van der Waals surface area contributed by atoms with Crippen LogP contribution >= 0.6 is 0 Å². The van der Waals surface area contributed by atoms with E-state index in [-0.39, 0.29) is 37.1 Å². The molecule has 1 amide bonds. The van der Waals surface area contributed by atoms with Gasteiger partial charge >= 0.3 is 18.4 Å². The van der Waals surface area contributed by atoms with E-state index in [2.05, 4.69) is 9.97 Å². The van der Waals surface area contributed by atoms with E-state index in [1.807, 2.05) is 37.1 Å². The van der Waals surface area contributed by atoms with E-state index in [4.69, 9.17) is 4.74 Å². The van der Waals surface area contributed by atoms with Crippen molar-refractivity contribution in [2.24, 2.45) is 0 Å². The van der Waals surface area contributed by atoms with Gasteiger partial charge in [0.25, 0.3) is 0 Å². The fourth-order valence-electron chi connectivity index (χ4n) is 4.26. The molecular formula is C27H27F6N5O2. The number of rotatable bonds is 9. The maximum absolute atomic E-state index is 13.7. The lowest BCUT2D eigenvalue weighted by Gasteiger charge is -2.24. The molecule has 0 N–H and O–H groups in total. The first-order valence-corrected chi connectivity index (χ1v) is 12.5. The van der Waals surface area contributed by atoms with Gasteiger partial charge in [0.05, 0.1) is 17.8 Å². The molecular weight excluding hydrogens is 540 g/mol. The summed E-state index contributed by atoms with van der Waals surface area (Å²) in [5.41, 5.74) is -2.55. The number of hydrogen-bond donors (Lipinski definition) is 0.